The average molecular weight is 235 g/mol. The normalized spacial score (nSPS) is 28.3. The fourth-order valence-corrected chi connectivity index (χ4v) is 2.26. The van der Waals surface area contributed by atoms with Gasteiger partial charge < -0.3 is 15.2 Å². The largest absolute Gasteiger partial charge is 0.360 e. The van der Waals surface area contributed by atoms with Gasteiger partial charge in [0, 0.05) is 30.6 Å². The van der Waals surface area contributed by atoms with Crippen LogP contribution in [-0.4, -0.2) is 29.7 Å². The third-order valence-corrected chi connectivity index (χ3v) is 3.43. The number of amides is 1. The van der Waals surface area contributed by atoms with Gasteiger partial charge in [0.1, 0.15) is 5.76 Å². The van der Waals surface area contributed by atoms with Crippen LogP contribution in [-0.2, 0) is 0 Å². The predicted octanol–water partition coefficient (Wildman–Crippen LogP) is 1.03. The van der Waals surface area contributed by atoms with Gasteiger partial charge in [0.2, 0.25) is 0 Å². The zero-order chi connectivity index (χ0) is 11.8. The number of aromatic nitrogens is 1. The Bertz CT molecular complexity index is 425. The maximum Gasteiger partial charge on any atom is 0.273 e. The van der Waals surface area contributed by atoms with Gasteiger partial charge in [0.15, 0.2) is 5.69 Å². The fraction of sp³-hybridized carbons (Fsp3) is 0.667. The van der Waals surface area contributed by atoms with Crippen molar-refractivity contribution in [3.05, 3.63) is 17.5 Å². The molecule has 1 saturated carbocycles. The van der Waals surface area contributed by atoms with Crippen molar-refractivity contribution >= 4 is 5.91 Å². The van der Waals surface area contributed by atoms with Gasteiger partial charge in [0.25, 0.3) is 5.91 Å². The predicted molar refractivity (Wildman–Crippen MR) is 61.8 cm³/mol. The van der Waals surface area contributed by atoms with Crippen molar-refractivity contribution in [2.45, 2.75) is 44.2 Å². The Kier molecular flexibility index (Phi) is 2.63. The van der Waals surface area contributed by atoms with Crippen LogP contribution in [0, 0.1) is 0 Å². The Labute approximate surface area is 99.9 Å². The van der Waals surface area contributed by atoms with Crippen LogP contribution in [0.25, 0.3) is 0 Å². The number of carbonyl (C=O) groups excluding carboxylic acids is 1. The minimum Gasteiger partial charge on any atom is -0.360 e. The molecule has 1 aliphatic carbocycles. The topological polar surface area (TPSA) is 67.2 Å². The van der Waals surface area contributed by atoms with Gasteiger partial charge in [0.05, 0.1) is 0 Å². The van der Waals surface area contributed by atoms with Crippen LogP contribution >= 0.6 is 0 Å². The molecule has 92 valence electrons. The molecule has 5 nitrogen and oxygen atoms in total. The molecular formula is C12H17N3O2. The second kappa shape index (κ2) is 4.14. The van der Waals surface area contributed by atoms with Crippen LogP contribution in [0.3, 0.4) is 0 Å². The Balaban J connectivity index is 1.60. The highest BCUT2D eigenvalue weighted by atomic mass is 16.5. The maximum absolute atomic E-state index is 11.9. The molecule has 1 aromatic rings. The smallest absolute Gasteiger partial charge is 0.273 e. The van der Waals surface area contributed by atoms with Crippen LogP contribution in [0.5, 0.6) is 0 Å². The van der Waals surface area contributed by atoms with Crippen molar-refractivity contribution in [3.63, 3.8) is 0 Å². The molecule has 0 bridgehead atoms. The van der Waals surface area contributed by atoms with E-state index in [9.17, 15) is 4.79 Å². The third-order valence-electron chi connectivity index (χ3n) is 3.43. The number of nitrogens with one attached hydrogen (secondary N) is 2. The van der Waals surface area contributed by atoms with Crippen LogP contribution in [0.2, 0.25) is 0 Å². The van der Waals surface area contributed by atoms with Gasteiger partial charge in [-0.25, -0.2) is 0 Å². The first-order valence-corrected chi connectivity index (χ1v) is 6.23. The average Bonchev–Trinajstić information content (AvgIpc) is 2.88. The van der Waals surface area contributed by atoms with Gasteiger partial charge in [-0.05, 0) is 26.2 Å². The molecule has 2 aliphatic rings. The van der Waals surface area contributed by atoms with Crippen LogP contribution < -0.4 is 10.6 Å². The summed E-state index contributed by atoms with van der Waals surface area (Å²) >= 11 is 0. The lowest BCUT2D eigenvalue weighted by atomic mass is 10.2. The summed E-state index contributed by atoms with van der Waals surface area (Å²) in [5.74, 6) is 1.23. The van der Waals surface area contributed by atoms with Crippen molar-refractivity contribution in [1.29, 1.82) is 0 Å². The maximum atomic E-state index is 11.9. The van der Waals surface area contributed by atoms with Crippen molar-refractivity contribution in [3.8, 4) is 0 Å². The highest BCUT2D eigenvalue weighted by Gasteiger charge is 2.29. The Hall–Kier alpha value is -1.36. The van der Waals surface area contributed by atoms with E-state index in [4.69, 9.17) is 4.52 Å². The molecule has 2 N–H and O–H groups in total. The van der Waals surface area contributed by atoms with E-state index in [-0.39, 0.29) is 11.9 Å². The lowest BCUT2D eigenvalue weighted by molar-refractivity contribution is 0.0930. The second-order valence-corrected chi connectivity index (χ2v) is 5.10. The molecule has 1 amide bonds. The number of nitrogens with zero attached hydrogens (tertiary/aromatic N) is 1. The summed E-state index contributed by atoms with van der Waals surface area (Å²) < 4.78 is 5.17. The minimum atomic E-state index is -0.124. The van der Waals surface area contributed by atoms with Gasteiger partial charge in [-0.15, -0.1) is 0 Å². The standard InChI is InChI=1S/C12H17N3O2/c1-7-4-9(6-13-7)14-12(16)10-5-11(17-15-10)8-2-3-8/h5,7-9,13H,2-4,6H2,1H3,(H,14,16). The molecule has 1 saturated heterocycles. The van der Waals surface area contributed by atoms with E-state index >= 15 is 0 Å². The summed E-state index contributed by atoms with van der Waals surface area (Å²) in [6.45, 7) is 2.95. The van der Waals surface area contributed by atoms with Crippen molar-refractivity contribution < 1.29 is 9.32 Å². The number of hydrogen-bond donors (Lipinski definition) is 2. The second-order valence-electron chi connectivity index (χ2n) is 5.10. The van der Waals surface area contributed by atoms with Crippen molar-refractivity contribution in [1.82, 2.24) is 15.8 Å². The monoisotopic (exact) mass is 235 g/mol. The lowest BCUT2D eigenvalue weighted by Crippen LogP contribution is -2.36. The Morgan fingerprint density at radius 2 is 2.41 bits per heavy atom. The summed E-state index contributed by atoms with van der Waals surface area (Å²) in [5.41, 5.74) is 0.409. The first-order valence-electron chi connectivity index (χ1n) is 6.23. The van der Waals surface area contributed by atoms with Crippen LogP contribution in [0.1, 0.15) is 48.4 Å². The zero-order valence-corrected chi connectivity index (χ0v) is 9.90. The molecule has 17 heavy (non-hydrogen) atoms. The molecule has 5 heteroatoms. The molecule has 3 rings (SSSR count). The molecule has 0 spiro atoms. The minimum absolute atomic E-state index is 0.124. The van der Waals surface area contributed by atoms with E-state index in [1.807, 2.05) is 0 Å². The van der Waals surface area contributed by atoms with Crippen molar-refractivity contribution in [2.24, 2.45) is 0 Å². The zero-order valence-electron chi connectivity index (χ0n) is 9.90. The number of rotatable bonds is 3. The highest BCUT2D eigenvalue weighted by molar-refractivity contribution is 5.92. The van der Waals surface area contributed by atoms with E-state index in [2.05, 4.69) is 22.7 Å². The number of carbonyl (C=O) groups is 1. The molecule has 1 aromatic heterocycles. The van der Waals surface area contributed by atoms with Gasteiger partial charge in [-0.1, -0.05) is 5.16 Å². The van der Waals surface area contributed by atoms with E-state index in [1.165, 1.54) is 0 Å². The van der Waals surface area contributed by atoms with E-state index in [1.54, 1.807) is 6.07 Å². The van der Waals surface area contributed by atoms with Gasteiger partial charge >= 0.3 is 0 Å². The van der Waals surface area contributed by atoms with Gasteiger partial charge in [-0.3, -0.25) is 4.79 Å². The molecule has 2 unspecified atom stereocenters. The van der Waals surface area contributed by atoms with Crippen molar-refractivity contribution in [2.75, 3.05) is 6.54 Å². The van der Waals surface area contributed by atoms with Gasteiger partial charge in [-0.2, -0.15) is 0 Å². The van der Waals surface area contributed by atoms with Crippen LogP contribution in [0.4, 0.5) is 0 Å². The molecule has 2 heterocycles. The molecule has 2 atom stereocenters. The molecule has 2 fully saturated rings. The number of hydrogen-bond acceptors (Lipinski definition) is 4. The third kappa shape index (κ3) is 2.34. The molecule has 0 radical (unpaired) electrons. The Morgan fingerprint density at radius 3 is 3.06 bits per heavy atom. The summed E-state index contributed by atoms with van der Waals surface area (Å²) in [5, 5.41) is 10.1. The Morgan fingerprint density at radius 1 is 1.59 bits per heavy atom. The first kappa shape index (κ1) is 10.8. The van der Waals surface area contributed by atoms with E-state index in [0.29, 0.717) is 17.7 Å². The van der Waals surface area contributed by atoms with E-state index in [0.717, 1.165) is 31.6 Å². The highest BCUT2D eigenvalue weighted by Crippen LogP contribution is 2.40. The SMILES string of the molecule is CC1CC(NC(=O)c2cc(C3CC3)on2)CN1. The lowest BCUT2D eigenvalue weighted by Gasteiger charge is -2.09. The van der Waals surface area contributed by atoms with Crippen LogP contribution in [0.15, 0.2) is 10.6 Å². The quantitative estimate of drug-likeness (QED) is 0.821. The molecule has 0 aromatic carbocycles. The molecule has 1 aliphatic heterocycles. The first-order chi connectivity index (χ1) is 8.22. The van der Waals surface area contributed by atoms with E-state index < -0.39 is 0 Å². The summed E-state index contributed by atoms with van der Waals surface area (Å²) in [6, 6.07) is 2.46. The fourth-order valence-electron chi connectivity index (χ4n) is 2.26. The summed E-state index contributed by atoms with van der Waals surface area (Å²) in [4.78, 5) is 11.9. The molecular weight excluding hydrogens is 218 g/mol. The summed E-state index contributed by atoms with van der Waals surface area (Å²) in [7, 11) is 0. The summed E-state index contributed by atoms with van der Waals surface area (Å²) in [6.07, 6.45) is 3.28.